The first-order chi connectivity index (χ1) is 11.0. The van der Waals surface area contributed by atoms with E-state index in [0.29, 0.717) is 16.9 Å². The number of aromatic nitrogens is 2. The lowest BCUT2D eigenvalue weighted by atomic mass is 10.1. The Hall–Kier alpha value is -2.43. The fraction of sp³-hybridized carbons (Fsp3) is 0.143. The van der Waals surface area contributed by atoms with E-state index in [1.165, 1.54) is 0 Å². The van der Waals surface area contributed by atoms with Crippen LogP contribution in [0.4, 0.5) is 22.7 Å². The number of nitrogens with zero attached hydrogens (tertiary/aromatic N) is 4. The molecule has 0 aliphatic carbocycles. The highest BCUT2D eigenvalue weighted by atomic mass is 127. The van der Waals surface area contributed by atoms with Crippen LogP contribution in [0.2, 0.25) is 0 Å². The molecular formula is C14H12IN5O3. The summed E-state index contributed by atoms with van der Waals surface area (Å²) in [5, 5.41) is 22.1. The summed E-state index contributed by atoms with van der Waals surface area (Å²) in [6.45, 7) is 0. The Morgan fingerprint density at radius 1 is 1.22 bits per heavy atom. The Morgan fingerprint density at radius 3 is 2.57 bits per heavy atom. The molecule has 0 bridgehead atoms. The molecule has 0 aliphatic heterocycles. The molecule has 0 radical (unpaired) electrons. The summed E-state index contributed by atoms with van der Waals surface area (Å²) in [5.41, 5.74) is 2.11. The third-order valence-corrected chi connectivity index (χ3v) is 4.24. The van der Waals surface area contributed by atoms with E-state index in [4.69, 9.17) is 4.63 Å². The van der Waals surface area contributed by atoms with Gasteiger partial charge in [0.2, 0.25) is 5.52 Å². The number of fused-ring (bicyclic) bond motifs is 1. The Balaban J connectivity index is 2.24. The van der Waals surface area contributed by atoms with Crippen molar-refractivity contribution in [2.75, 3.05) is 24.3 Å². The first-order valence-corrected chi connectivity index (χ1v) is 7.69. The van der Waals surface area contributed by atoms with E-state index in [1.54, 1.807) is 11.0 Å². The van der Waals surface area contributed by atoms with E-state index >= 15 is 0 Å². The van der Waals surface area contributed by atoms with Crippen molar-refractivity contribution in [1.29, 1.82) is 0 Å². The number of nitro benzene ring substituents is 1. The van der Waals surface area contributed by atoms with E-state index < -0.39 is 4.92 Å². The van der Waals surface area contributed by atoms with Crippen LogP contribution < -0.4 is 10.2 Å². The maximum Gasteiger partial charge on any atom is 0.324 e. The van der Waals surface area contributed by atoms with Crippen LogP contribution in [-0.2, 0) is 0 Å². The molecule has 0 saturated carbocycles. The third kappa shape index (κ3) is 2.79. The van der Waals surface area contributed by atoms with Crippen LogP contribution in [0, 0.1) is 13.7 Å². The smallest absolute Gasteiger partial charge is 0.324 e. The zero-order valence-electron chi connectivity index (χ0n) is 12.3. The normalized spacial score (nSPS) is 10.7. The maximum atomic E-state index is 11.5. The average molecular weight is 425 g/mol. The molecule has 23 heavy (non-hydrogen) atoms. The molecular weight excluding hydrogens is 413 g/mol. The van der Waals surface area contributed by atoms with Gasteiger partial charge >= 0.3 is 5.69 Å². The SMILES string of the molecule is CN(C)c1cc(Nc2ccccc2I)c([N+](=O)[O-])c2nonc12. The molecule has 0 spiro atoms. The summed E-state index contributed by atoms with van der Waals surface area (Å²) in [7, 11) is 3.65. The number of hydrogen-bond donors (Lipinski definition) is 1. The van der Waals surface area contributed by atoms with E-state index in [-0.39, 0.29) is 11.2 Å². The number of anilines is 3. The number of nitro groups is 1. The second-order valence-corrected chi connectivity index (χ2v) is 6.17. The summed E-state index contributed by atoms with van der Waals surface area (Å²) < 4.78 is 5.66. The minimum Gasteiger partial charge on any atom is -0.376 e. The lowest BCUT2D eigenvalue weighted by molar-refractivity contribution is -0.382. The largest absolute Gasteiger partial charge is 0.376 e. The second-order valence-electron chi connectivity index (χ2n) is 5.01. The van der Waals surface area contributed by atoms with Gasteiger partial charge in [-0.25, -0.2) is 4.63 Å². The molecule has 0 aliphatic rings. The molecule has 0 saturated heterocycles. The van der Waals surface area contributed by atoms with Crippen molar-refractivity contribution >= 4 is 56.4 Å². The van der Waals surface area contributed by atoms with E-state index in [1.807, 2.05) is 38.4 Å². The average Bonchev–Trinajstić information content (AvgIpc) is 2.97. The van der Waals surface area contributed by atoms with E-state index in [9.17, 15) is 10.1 Å². The molecule has 0 amide bonds. The van der Waals surface area contributed by atoms with Gasteiger partial charge in [0.05, 0.1) is 16.3 Å². The summed E-state index contributed by atoms with van der Waals surface area (Å²) in [6.07, 6.45) is 0. The molecule has 3 rings (SSSR count). The molecule has 1 heterocycles. The van der Waals surface area contributed by atoms with Crippen LogP contribution >= 0.6 is 22.6 Å². The first-order valence-electron chi connectivity index (χ1n) is 6.61. The van der Waals surface area contributed by atoms with Gasteiger partial charge in [0.25, 0.3) is 0 Å². The van der Waals surface area contributed by atoms with Crippen LogP contribution in [0.15, 0.2) is 35.0 Å². The molecule has 1 N–H and O–H groups in total. The first kappa shape index (κ1) is 15.5. The molecule has 0 unspecified atom stereocenters. The number of rotatable bonds is 4. The van der Waals surface area contributed by atoms with Crippen molar-refractivity contribution < 1.29 is 9.55 Å². The second kappa shape index (κ2) is 5.99. The molecule has 9 heteroatoms. The zero-order chi connectivity index (χ0) is 16.6. The molecule has 118 valence electrons. The van der Waals surface area contributed by atoms with Crippen LogP contribution in [0.25, 0.3) is 11.0 Å². The minimum atomic E-state index is -0.482. The molecule has 1 aromatic heterocycles. The van der Waals surface area contributed by atoms with Gasteiger partial charge in [0, 0.05) is 17.7 Å². The van der Waals surface area contributed by atoms with Gasteiger partial charge in [-0.05, 0) is 51.1 Å². The molecule has 0 atom stereocenters. The van der Waals surface area contributed by atoms with Crippen LogP contribution in [0.3, 0.4) is 0 Å². The monoisotopic (exact) mass is 425 g/mol. The van der Waals surface area contributed by atoms with Gasteiger partial charge in [-0.1, -0.05) is 12.1 Å². The molecule has 0 fully saturated rings. The fourth-order valence-electron chi connectivity index (χ4n) is 2.24. The Morgan fingerprint density at radius 2 is 1.91 bits per heavy atom. The van der Waals surface area contributed by atoms with Gasteiger partial charge in [-0.3, -0.25) is 10.1 Å². The zero-order valence-corrected chi connectivity index (χ0v) is 14.4. The molecule has 3 aromatic rings. The van der Waals surface area contributed by atoms with E-state index in [0.717, 1.165) is 9.26 Å². The van der Waals surface area contributed by atoms with Crippen molar-refractivity contribution in [2.45, 2.75) is 0 Å². The lowest BCUT2D eigenvalue weighted by Gasteiger charge is -2.15. The van der Waals surface area contributed by atoms with Crippen molar-refractivity contribution in [3.8, 4) is 0 Å². The van der Waals surface area contributed by atoms with Crippen molar-refractivity contribution in [2.24, 2.45) is 0 Å². The number of benzene rings is 2. The lowest BCUT2D eigenvalue weighted by Crippen LogP contribution is -2.10. The summed E-state index contributed by atoms with van der Waals surface area (Å²) in [5.74, 6) is 0. The Labute approximate surface area is 144 Å². The molecule has 2 aromatic carbocycles. The third-order valence-electron chi connectivity index (χ3n) is 3.30. The van der Waals surface area contributed by atoms with Crippen molar-refractivity contribution in [3.63, 3.8) is 0 Å². The van der Waals surface area contributed by atoms with Gasteiger partial charge in [-0.15, -0.1) is 0 Å². The number of hydrogen-bond acceptors (Lipinski definition) is 7. The highest BCUT2D eigenvalue weighted by Gasteiger charge is 2.26. The molecule has 8 nitrogen and oxygen atoms in total. The van der Waals surface area contributed by atoms with Crippen LogP contribution in [0.1, 0.15) is 0 Å². The predicted molar refractivity (Wildman–Crippen MR) is 95.2 cm³/mol. The summed E-state index contributed by atoms with van der Waals surface area (Å²) >= 11 is 2.17. The number of halogens is 1. The standard InChI is InChI=1S/C14H12IN5O3/c1-19(2)11-7-10(16-9-6-4-3-5-8(9)15)14(20(21)22)13-12(11)17-23-18-13/h3-7,16H,1-2H3. The topological polar surface area (TPSA) is 97.3 Å². The van der Waals surface area contributed by atoms with Gasteiger partial charge in [0.15, 0.2) is 5.52 Å². The van der Waals surface area contributed by atoms with Gasteiger partial charge < -0.3 is 10.2 Å². The highest BCUT2D eigenvalue weighted by molar-refractivity contribution is 14.1. The van der Waals surface area contributed by atoms with Crippen LogP contribution in [0.5, 0.6) is 0 Å². The number of para-hydroxylation sites is 1. The van der Waals surface area contributed by atoms with Crippen LogP contribution in [-0.4, -0.2) is 29.3 Å². The fourth-order valence-corrected chi connectivity index (χ4v) is 2.76. The Kier molecular flexibility index (Phi) is 4.03. The van der Waals surface area contributed by atoms with Crippen molar-refractivity contribution in [3.05, 3.63) is 44.0 Å². The quantitative estimate of drug-likeness (QED) is 0.388. The Bertz CT molecular complexity index is 893. The summed E-state index contributed by atoms with van der Waals surface area (Å²) in [6, 6.07) is 9.20. The van der Waals surface area contributed by atoms with E-state index in [2.05, 4.69) is 38.2 Å². The highest BCUT2D eigenvalue weighted by Crippen LogP contribution is 2.39. The summed E-state index contributed by atoms with van der Waals surface area (Å²) in [4.78, 5) is 12.9. The van der Waals surface area contributed by atoms with Crippen molar-refractivity contribution in [1.82, 2.24) is 10.3 Å². The number of nitrogens with one attached hydrogen (secondary N) is 1. The van der Waals surface area contributed by atoms with Gasteiger partial charge in [0.1, 0.15) is 5.69 Å². The van der Waals surface area contributed by atoms with Gasteiger partial charge in [-0.2, -0.15) is 0 Å². The predicted octanol–water partition coefficient (Wildman–Crippen LogP) is 3.55. The maximum absolute atomic E-state index is 11.5. The minimum absolute atomic E-state index is 0.120.